The van der Waals surface area contributed by atoms with Crippen LogP contribution in [0.1, 0.15) is 31.4 Å². The second-order valence-corrected chi connectivity index (χ2v) is 7.87. The van der Waals surface area contributed by atoms with Crippen molar-refractivity contribution in [2.24, 2.45) is 11.8 Å². The van der Waals surface area contributed by atoms with E-state index in [1.807, 2.05) is 6.07 Å². The molecule has 6 heteroatoms. The highest BCUT2D eigenvalue weighted by Gasteiger charge is 2.42. The minimum Gasteiger partial charge on any atom is -0.506 e. The number of ether oxygens (including phenoxy) is 1. The maximum Gasteiger partial charge on any atom is 0.162 e. The summed E-state index contributed by atoms with van der Waals surface area (Å²) < 4.78 is 32.3. The van der Waals surface area contributed by atoms with Gasteiger partial charge in [0.05, 0.1) is 12.3 Å². The number of likely N-dealkylation sites (tertiary alicyclic amines) is 1. The van der Waals surface area contributed by atoms with Crippen LogP contribution in [0.25, 0.3) is 0 Å². The molecule has 2 heterocycles. The van der Waals surface area contributed by atoms with Gasteiger partial charge in [0.25, 0.3) is 0 Å². The molecule has 0 bridgehead atoms. The minimum atomic E-state index is -0.867. The van der Waals surface area contributed by atoms with Gasteiger partial charge in [-0.3, -0.25) is 4.98 Å². The molecule has 0 spiro atoms. The summed E-state index contributed by atoms with van der Waals surface area (Å²) in [6.07, 6.45) is 3.46. The molecule has 1 saturated heterocycles. The largest absolute Gasteiger partial charge is 0.506 e. The van der Waals surface area contributed by atoms with Crippen LogP contribution in [0.2, 0.25) is 0 Å². The van der Waals surface area contributed by atoms with Crippen molar-refractivity contribution < 1.29 is 18.6 Å². The van der Waals surface area contributed by atoms with Crippen LogP contribution in [0, 0.1) is 23.5 Å². The molecule has 2 aliphatic rings. The van der Waals surface area contributed by atoms with Gasteiger partial charge >= 0.3 is 0 Å². The van der Waals surface area contributed by atoms with Crippen LogP contribution < -0.4 is 4.74 Å². The number of aromatic hydroxyl groups is 1. The third-order valence-corrected chi connectivity index (χ3v) is 5.78. The first-order chi connectivity index (χ1) is 13.0. The smallest absolute Gasteiger partial charge is 0.162 e. The van der Waals surface area contributed by atoms with Crippen molar-refractivity contribution in [3.05, 3.63) is 53.9 Å². The van der Waals surface area contributed by atoms with E-state index in [1.165, 1.54) is 12.3 Å². The van der Waals surface area contributed by atoms with E-state index in [0.717, 1.165) is 50.3 Å². The Hall–Kier alpha value is -2.21. The number of hydrogen-bond donors (Lipinski definition) is 1. The van der Waals surface area contributed by atoms with Crippen molar-refractivity contribution >= 4 is 0 Å². The Bertz CT molecular complexity index is 785. The fourth-order valence-electron chi connectivity index (χ4n) is 4.50. The number of nitrogens with zero attached hydrogens (tertiary/aromatic N) is 2. The summed E-state index contributed by atoms with van der Waals surface area (Å²) in [4.78, 5) is 6.79. The summed E-state index contributed by atoms with van der Waals surface area (Å²) in [5.74, 6) is 0.350. The zero-order valence-electron chi connectivity index (χ0n) is 15.3. The van der Waals surface area contributed by atoms with Crippen LogP contribution >= 0.6 is 0 Å². The average Bonchev–Trinajstić information content (AvgIpc) is 3.16. The average molecular weight is 374 g/mol. The second kappa shape index (κ2) is 7.43. The number of pyridine rings is 1. The molecular weight excluding hydrogens is 350 g/mol. The zero-order chi connectivity index (χ0) is 19.0. The van der Waals surface area contributed by atoms with Crippen LogP contribution in [0.15, 0.2) is 36.5 Å². The first kappa shape index (κ1) is 18.2. The molecule has 0 amide bonds. The van der Waals surface area contributed by atoms with Crippen molar-refractivity contribution in [1.29, 1.82) is 0 Å². The molecule has 1 aliphatic carbocycles. The number of hydrogen-bond acceptors (Lipinski definition) is 4. The summed E-state index contributed by atoms with van der Waals surface area (Å²) in [5.41, 5.74) is 0.990. The van der Waals surface area contributed by atoms with Gasteiger partial charge in [-0.1, -0.05) is 6.92 Å². The molecule has 4 atom stereocenters. The monoisotopic (exact) mass is 374 g/mol. The Morgan fingerprint density at radius 3 is 2.52 bits per heavy atom. The summed E-state index contributed by atoms with van der Waals surface area (Å²) in [7, 11) is 0. The number of fused-ring (bicyclic) bond motifs is 1. The van der Waals surface area contributed by atoms with Crippen LogP contribution in [0.4, 0.5) is 8.78 Å². The summed E-state index contributed by atoms with van der Waals surface area (Å²) >= 11 is 0. The molecule has 2 fully saturated rings. The lowest BCUT2D eigenvalue weighted by atomic mass is 10.0. The second-order valence-electron chi connectivity index (χ2n) is 7.87. The highest BCUT2D eigenvalue weighted by atomic mass is 19.2. The molecular formula is C21H24F2N2O2. The fraction of sp³-hybridized carbons (Fsp3) is 0.476. The molecule has 0 radical (unpaired) electrons. The van der Waals surface area contributed by atoms with Crippen molar-refractivity contribution in [1.82, 2.24) is 9.88 Å². The van der Waals surface area contributed by atoms with Crippen LogP contribution in [0.5, 0.6) is 11.5 Å². The summed E-state index contributed by atoms with van der Waals surface area (Å²) in [6.45, 7) is 5.16. The molecule has 1 aromatic heterocycles. The third kappa shape index (κ3) is 4.05. The zero-order valence-corrected chi connectivity index (χ0v) is 15.3. The van der Waals surface area contributed by atoms with Crippen molar-refractivity contribution in [2.75, 3.05) is 19.6 Å². The van der Waals surface area contributed by atoms with E-state index in [1.54, 1.807) is 6.07 Å². The van der Waals surface area contributed by atoms with E-state index in [0.29, 0.717) is 23.5 Å². The highest BCUT2D eigenvalue weighted by Crippen LogP contribution is 2.40. The topological polar surface area (TPSA) is 45.6 Å². The van der Waals surface area contributed by atoms with Gasteiger partial charge in [0.1, 0.15) is 11.5 Å². The Labute approximate surface area is 157 Å². The first-order valence-electron chi connectivity index (χ1n) is 9.47. The van der Waals surface area contributed by atoms with E-state index >= 15 is 0 Å². The molecule has 2 aromatic rings. The maximum atomic E-state index is 13.3. The quantitative estimate of drug-likeness (QED) is 0.861. The molecule has 4 nitrogen and oxygen atoms in total. The Kier molecular flexibility index (Phi) is 5.00. The molecule has 1 saturated carbocycles. The Balaban J connectivity index is 1.29. The number of benzene rings is 1. The van der Waals surface area contributed by atoms with E-state index in [9.17, 15) is 13.9 Å². The maximum absolute atomic E-state index is 13.3. The lowest BCUT2D eigenvalue weighted by Crippen LogP contribution is -2.28. The highest BCUT2D eigenvalue weighted by molar-refractivity contribution is 5.24. The molecule has 1 unspecified atom stereocenters. The van der Waals surface area contributed by atoms with E-state index in [-0.39, 0.29) is 11.9 Å². The molecule has 1 N–H and O–H groups in total. The lowest BCUT2D eigenvalue weighted by molar-refractivity contribution is 0.183. The molecule has 1 aromatic carbocycles. The Morgan fingerprint density at radius 2 is 1.89 bits per heavy atom. The van der Waals surface area contributed by atoms with Crippen molar-refractivity contribution in [3.8, 4) is 11.5 Å². The van der Waals surface area contributed by atoms with Gasteiger partial charge in [0, 0.05) is 37.3 Å². The SMILES string of the molecule is CC(CN1C[C@H]2C[C@H](Oc3ccc(F)c(F)c3)C[C@H]2C1)c1ccc(O)cn1. The van der Waals surface area contributed by atoms with Crippen LogP contribution in [-0.4, -0.2) is 40.7 Å². The molecule has 1 aliphatic heterocycles. The van der Waals surface area contributed by atoms with Gasteiger partial charge in [-0.2, -0.15) is 0 Å². The van der Waals surface area contributed by atoms with Gasteiger partial charge in [-0.25, -0.2) is 8.78 Å². The lowest BCUT2D eigenvalue weighted by Gasteiger charge is -2.23. The van der Waals surface area contributed by atoms with Crippen LogP contribution in [-0.2, 0) is 0 Å². The summed E-state index contributed by atoms with van der Waals surface area (Å²) in [5, 5.41) is 9.37. The van der Waals surface area contributed by atoms with E-state index in [4.69, 9.17) is 4.74 Å². The normalized spacial score (nSPS) is 26.1. The number of aromatic nitrogens is 1. The minimum absolute atomic E-state index is 0.0724. The molecule has 144 valence electrons. The van der Waals surface area contributed by atoms with Crippen molar-refractivity contribution in [3.63, 3.8) is 0 Å². The Morgan fingerprint density at radius 1 is 1.15 bits per heavy atom. The van der Waals surface area contributed by atoms with Gasteiger partial charge in [0.15, 0.2) is 11.6 Å². The fourth-order valence-corrected chi connectivity index (χ4v) is 4.50. The van der Waals surface area contributed by atoms with Crippen molar-refractivity contribution in [2.45, 2.75) is 31.8 Å². The number of halogens is 2. The predicted octanol–water partition coefficient (Wildman–Crippen LogP) is 3.96. The number of rotatable bonds is 5. The summed E-state index contributed by atoms with van der Waals surface area (Å²) in [6, 6.07) is 7.29. The predicted molar refractivity (Wildman–Crippen MR) is 97.7 cm³/mol. The first-order valence-corrected chi connectivity index (χ1v) is 9.47. The standard InChI is InChI=1S/C21H24F2N2O2/c1-13(21-5-2-16(26)9-24-21)10-25-11-14-6-18(7-15(14)12-25)27-17-3-4-19(22)20(23)8-17/h2-5,8-9,13-15,18,26H,6-7,10-12H2,1H3/t13?,14-,15+,18+. The van der Waals surface area contributed by atoms with Crippen LogP contribution in [0.3, 0.4) is 0 Å². The van der Waals surface area contributed by atoms with Gasteiger partial charge in [-0.15, -0.1) is 0 Å². The third-order valence-electron chi connectivity index (χ3n) is 5.78. The molecule has 27 heavy (non-hydrogen) atoms. The van der Waals surface area contributed by atoms with Gasteiger partial charge in [0.2, 0.25) is 0 Å². The van der Waals surface area contributed by atoms with Gasteiger partial charge in [-0.05, 0) is 48.9 Å². The molecule has 4 rings (SSSR count). The van der Waals surface area contributed by atoms with E-state index < -0.39 is 11.6 Å². The van der Waals surface area contributed by atoms with E-state index in [2.05, 4.69) is 16.8 Å². The van der Waals surface area contributed by atoms with Gasteiger partial charge < -0.3 is 14.7 Å².